The predicted molar refractivity (Wildman–Crippen MR) is 54.8 cm³/mol. The molecule has 1 heterocycles. The molecule has 0 aromatic rings. The highest BCUT2D eigenvalue weighted by Gasteiger charge is 2.20. The van der Waals surface area contributed by atoms with Crippen molar-refractivity contribution in [1.82, 2.24) is 10.2 Å². The first-order chi connectivity index (χ1) is 6.27. The first-order valence-corrected chi connectivity index (χ1v) is 5.36. The lowest BCUT2D eigenvalue weighted by Gasteiger charge is -2.27. The molecular weight excluding hydrogens is 164 g/mol. The standard InChI is InChI=1S/C10H22N2O/c1-3-12-6-4-9(2)11-8-10(12)5-7-13/h9-11,13H,3-8H2,1-2H3. The van der Waals surface area contributed by atoms with Crippen LogP contribution in [0.25, 0.3) is 0 Å². The van der Waals surface area contributed by atoms with Crippen LogP contribution in [0.15, 0.2) is 0 Å². The number of hydrogen-bond donors (Lipinski definition) is 2. The first kappa shape index (κ1) is 11.0. The summed E-state index contributed by atoms with van der Waals surface area (Å²) in [7, 11) is 0. The van der Waals surface area contributed by atoms with Crippen LogP contribution in [0.2, 0.25) is 0 Å². The average molecular weight is 186 g/mol. The van der Waals surface area contributed by atoms with Crippen LogP contribution in [0.1, 0.15) is 26.7 Å². The van der Waals surface area contributed by atoms with E-state index >= 15 is 0 Å². The number of hydrogen-bond acceptors (Lipinski definition) is 3. The largest absolute Gasteiger partial charge is 0.396 e. The Balaban J connectivity index is 2.46. The van der Waals surface area contributed by atoms with Crippen LogP contribution >= 0.6 is 0 Å². The van der Waals surface area contributed by atoms with E-state index in [0.717, 1.165) is 26.1 Å². The smallest absolute Gasteiger partial charge is 0.0446 e. The monoisotopic (exact) mass is 186 g/mol. The van der Waals surface area contributed by atoms with Gasteiger partial charge < -0.3 is 10.4 Å². The highest BCUT2D eigenvalue weighted by Crippen LogP contribution is 2.09. The lowest BCUT2D eigenvalue weighted by Crippen LogP contribution is -2.40. The van der Waals surface area contributed by atoms with Crippen LogP contribution in [-0.4, -0.2) is 48.3 Å². The Morgan fingerprint density at radius 3 is 2.92 bits per heavy atom. The second-order valence-electron chi connectivity index (χ2n) is 3.89. The van der Waals surface area contributed by atoms with Gasteiger partial charge in [0.15, 0.2) is 0 Å². The van der Waals surface area contributed by atoms with Crippen molar-refractivity contribution in [2.45, 2.75) is 38.8 Å². The number of likely N-dealkylation sites (N-methyl/N-ethyl adjacent to an activating group) is 1. The third-order valence-corrected chi connectivity index (χ3v) is 2.94. The van der Waals surface area contributed by atoms with E-state index in [-0.39, 0.29) is 0 Å². The molecule has 3 heteroatoms. The molecule has 0 spiro atoms. The fraction of sp³-hybridized carbons (Fsp3) is 1.00. The molecule has 1 aliphatic rings. The van der Waals surface area contributed by atoms with E-state index in [4.69, 9.17) is 5.11 Å². The molecular formula is C10H22N2O. The molecule has 2 N–H and O–H groups in total. The van der Waals surface area contributed by atoms with E-state index in [9.17, 15) is 0 Å². The Bertz CT molecular complexity index is 141. The molecule has 2 atom stereocenters. The van der Waals surface area contributed by atoms with Gasteiger partial charge in [-0.25, -0.2) is 0 Å². The van der Waals surface area contributed by atoms with Crippen molar-refractivity contribution in [2.24, 2.45) is 0 Å². The van der Waals surface area contributed by atoms with Gasteiger partial charge >= 0.3 is 0 Å². The maximum Gasteiger partial charge on any atom is 0.0446 e. The van der Waals surface area contributed by atoms with Crippen molar-refractivity contribution in [3.8, 4) is 0 Å². The molecule has 1 aliphatic heterocycles. The maximum atomic E-state index is 8.94. The van der Waals surface area contributed by atoms with Crippen molar-refractivity contribution in [2.75, 3.05) is 26.2 Å². The molecule has 0 aromatic carbocycles. The molecule has 0 amide bonds. The third-order valence-electron chi connectivity index (χ3n) is 2.94. The first-order valence-electron chi connectivity index (χ1n) is 5.36. The summed E-state index contributed by atoms with van der Waals surface area (Å²) in [5.74, 6) is 0. The lowest BCUT2D eigenvalue weighted by molar-refractivity contribution is 0.172. The Kier molecular flexibility index (Phi) is 4.70. The van der Waals surface area contributed by atoms with E-state index in [1.807, 2.05) is 0 Å². The zero-order chi connectivity index (χ0) is 9.68. The van der Waals surface area contributed by atoms with Gasteiger partial charge in [0.05, 0.1) is 0 Å². The molecule has 0 aliphatic carbocycles. The van der Waals surface area contributed by atoms with Crippen molar-refractivity contribution in [1.29, 1.82) is 0 Å². The zero-order valence-electron chi connectivity index (χ0n) is 8.79. The fourth-order valence-electron chi connectivity index (χ4n) is 1.96. The SMILES string of the molecule is CCN1CCC(C)NCC1CCO. The fourth-order valence-corrected chi connectivity index (χ4v) is 1.96. The van der Waals surface area contributed by atoms with Gasteiger partial charge in [-0.05, 0) is 32.9 Å². The summed E-state index contributed by atoms with van der Waals surface area (Å²) in [6.07, 6.45) is 2.11. The van der Waals surface area contributed by atoms with Gasteiger partial charge in [-0.3, -0.25) is 4.90 Å². The Hall–Kier alpha value is -0.120. The van der Waals surface area contributed by atoms with Crippen molar-refractivity contribution in [3.05, 3.63) is 0 Å². The normalized spacial score (nSPS) is 31.6. The summed E-state index contributed by atoms with van der Waals surface area (Å²) in [5.41, 5.74) is 0. The molecule has 0 saturated carbocycles. The molecule has 2 unspecified atom stereocenters. The highest BCUT2D eigenvalue weighted by atomic mass is 16.3. The minimum absolute atomic E-state index is 0.303. The van der Waals surface area contributed by atoms with Crippen molar-refractivity contribution < 1.29 is 5.11 Å². The van der Waals surface area contributed by atoms with E-state index < -0.39 is 0 Å². The quantitative estimate of drug-likeness (QED) is 0.671. The maximum absolute atomic E-state index is 8.94. The van der Waals surface area contributed by atoms with Crippen molar-refractivity contribution in [3.63, 3.8) is 0 Å². The molecule has 0 aromatic heterocycles. The van der Waals surface area contributed by atoms with Crippen LogP contribution < -0.4 is 5.32 Å². The van der Waals surface area contributed by atoms with E-state index in [1.165, 1.54) is 6.42 Å². The molecule has 3 nitrogen and oxygen atoms in total. The molecule has 13 heavy (non-hydrogen) atoms. The Morgan fingerprint density at radius 2 is 2.31 bits per heavy atom. The zero-order valence-corrected chi connectivity index (χ0v) is 8.79. The van der Waals surface area contributed by atoms with Crippen LogP contribution in [0.4, 0.5) is 0 Å². The minimum atomic E-state index is 0.303. The molecule has 1 saturated heterocycles. The van der Waals surface area contributed by atoms with Crippen LogP contribution in [0.5, 0.6) is 0 Å². The molecule has 0 bridgehead atoms. The van der Waals surface area contributed by atoms with E-state index in [2.05, 4.69) is 24.1 Å². The number of nitrogens with zero attached hydrogens (tertiary/aromatic N) is 1. The third kappa shape index (κ3) is 3.25. The topological polar surface area (TPSA) is 35.5 Å². The summed E-state index contributed by atoms with van der Waals surface area (Å²) in [4.78, 5) is 2.46. The number of nitrogens with one attached hydrogen (secondary N) is 1. The molecule has 1 rings (SSSR count). The second kappa shape index (κ2) is 5.58. The predicted octanol–water partition coefficient (Wildman–Crippen LogP) is 0.441. The Labute approximate surface area is 81.1 Å². The van der Waals surface area contributed by atoms with Crippen LogP contribution in [0, 0.1) is 0 Å². The van der Waals surface area contributed by atoms with Crippen LogP contribution in [-0.2, 0) is 0 Å². The lowest BCUT2D eigenvalue weighted by atomic mass is 10.2. The van der Waals surface area contributed by atoms with E-state index in [1.54, 1.807) is 0 Å². The van der Waals surface area contributed by atoms with Gasteiger partial charge in [-0.15, -0.1) is 0 Å². The van der Waals surface area contributed by atoms with Crippen LogP contribution in [0.3, 0.4) is 0 Å². The summed E-state index contributed by atoms with van der Waals surface area (Å²) >= 11 is 0. The van der Waals surface area contributed by atoms with Gasteiger partial charge in [0.1, 0.15) is 0 Å². The van der Waals surface area contributed by atoms with Gasteiger partial charge in [0.25, 0.3) is 0 Å². The van der Waals surface area contributed by atoms with Gasteiger partial charge in [-0.2, -0.15) is 0 Å². The van der Waals surface area contributed by atoms with Gasteiger partial charge in [0, 0.05) is 25.2 Å². The van der Waals surface area contributed by atoms with Crippen molar-refractivity contribution >= 4 is 0 Å². The summed E-state index contributed by atoms with van der Waals surface area (Å²) < 4.78 is 0. The average Bonchev–Trinajstić information content (AvgIpc) is 2.30. The van der Waals surface area contributed by atoms with E-state index in [0.29, 0.717) is 18.7 Å². The number of aliphatic hydroxyl groups excluding tert-OH is 1. The van der Waals surface area contributed by atoms with Gasteiger partial charge in [-0.1, -0.05) is 6.92 Å². The highest BCUT2D eigenvalue weighted by molar-refractivity contribution is 4.80. The minimum Gasteiger partial charge on any atom is -0.396 e. The summed E-state index contributed by atoms with van der Waals surface area (Å²) in [5, 5.41) is 12.4. The summed E-state index contributed by atoms with van der Waals surface area (Å²) in [6, 6.07) is 1.15. The molecule has 1 fully saturated rings. The summed E-state index contributed by atoms with van der Waals surface area (Å²) in [6.45, 7) is 8.01. The number of rotatable bonds is 3. The molecule has 78 valence electrons. The number of aliphatic hydroxyl groups is 1. The Morgan fingerprint density at radius 1 is 1.54 bits per heavy atom. The van der Waals surface area contributed by atoms with Gasteiger partial charge in [0.2, 0.25) is 0 Å². The molecule has 0 radical (unpaired) electrons. The second-order valence-corrected chi connectivity index (χ2v) is 3.89.